The normalized spacial score (nSPS) is 16.8. The van der Waals surface area contributed by atoms with Crippen molar-refractivity contribution in [2.24, 2.45) is 5.92 Å². The number of aromatic nitrogens is 3. The lowest BCUT2D eigenvalue weighted by Gasteiger charge is -2.28. The van der Waals surface area contributed by atoms with Crippen molar-refractivity contribution in [1.29, 1.82) is 0 Å². The molecule has 1 atom stereocenters. The summed E-state index contributed by atoms with van der Waals surface area (Å²) in [6, 6.07) is 8.37. The molecule has 0 saturated heterocycles. The molecular weight excluding hydrogens is 386 g/mol. The van der Waals surface area contributed by atoms with Gasteiger partial charge in [0.25, 0.3) is 10.0 Å². The predicted octanol–water partition coefficient (Wildman–Crippen LogP) is 4.23. The molecule has 29 heavy (non-hydrogen) atoms. The first-order valence-electron chi connectivity index (χ1n) is 10.0. The van der Waals surface area contributed by atoms with Gasteiger partial charge in [0.2, 0.25) is 0 Å². The van der Waals surface area contributed by atoms with Gasteiger partial charge in [0.1, 0.15) is 11.3 Å². The van der Waals surface area contributed by atoms with Crippen molar-refractivity contribution >= 4 is 27.0 Å². The van der Waals surface area contributed by atoms with Crippen LogP contribution in [0.4, 0.5) is 0 Å². The number of Topliss-reactive ketones (excluding diaryl/α,β-unsaturated/α-hetero) is 1. The number of ketones is 1. The predicted molar refractivity (Wildman–Crippen MR) is 111 cm³/mol. The van der Waals surface area contributed by atoms with Gasteiger partial charge in [0.15, 0.2) is 5.65 Å². The van der Waals surface area contributed by atoms with Gasteiger partial charge in [-0.15, -0.1) is 0 Å². The Bertz CT molecular complexity index is 1140. The topological polar surface area (TPSA) is 81.9 Å². The second-order valence-electron chi connectivity index (χ2n) is 7.92. The zero-order valence-electron chi connectivity index (χ0n) is 16.7. The summed E-state index contributed by atoms with van der Waals surface area (Å²) in [6.07, 6.45) is 8.58. The monoisotopic (exact) mass is 411 g/mol. The minimum Gasteiger partial charge on any atom is -0.299 e. The van der Waals surface area contributed by atoms with E-state index < -0.39 is 10.0 Å². The van der Waals surface area contributed by atoms with E-state index in [1.807, 2.05) is 6.92 Å². The molecule has 1 fully saturated rings. The van der Waals surface area contributed by atoms with E-state index in [1.165, 1.54) is 12.6 Å². The summed E-state index contributed by atoms with van der Waals surface area (Å²) in [5, 5.41) is 0. The molecule has 4 rings (SSSR count). The molecule has 0 aliphatic heterocycles. The Morgan fingerprint density at radius 3 is 2.45 bits per heavy atom. The van der Waals surface area contributed by atoms with Crippen LogP contribution >= 0.6 is 0 Å². The van der Waals surface area contributed by atoms with Crippen LogP contribution in [0.2, 0.25) is 0 Å². The molecule has 2 heterocycles. The Kier molecular flexibility index (Phi) is 5.25. The van der Waals surface area contributed by atoms with Gasteiger partial charge in [-0.2, -0.15) is 0 Å². The van der Waals surface area contributed by atoms with Gasteiger partial charge in [-0.1, -0.05) is 37.0 Å². The van der Waals surface area contributed by atoms with E-state index in [1.54, 1.807) is 43.5 Å². The standard InChI is InChI=1S/C22H25N3O3S/c1-15-8-10-18(11-9-15)29(27,28)25-13-12-19-22(25)23-14-20(24-19)21(16(2)26)17-6-4-3-5-7-17/h8-14,17,21H,3-7H2,1-2H3. The third-order valence-electron chi connectivity index (χ3n) is 5.83. The first-order valence-corrected chi connectivity index (χ1v) is 11.5. The Morgan fingerprint density at radius 2 is 1.79 bits per heavy atom. The van der Waals surface area contributed by atoms with Gasteiger partial charge in [-0.25, -0.2) is 22.4 Å². The third kappa shape index (κ3) is 3.71. The van der Waals surface area contributed by atoms with Crippen molar-refractivity contribution in [3.63, 3.8) is 0 Å². The number of benzene rings is 1. The number of aryl methyl sites for hydroxylation is 1. The van der Waals surface area contributed by atoms with Crippen LogP contribution in [0.25, 0.3) is 11.2 Å². The van der Waals surface area contributed by atoms with E-state index in [9.17, 15) is 13.2 Å². The molecule has 0 radical (unpaired) electrons. The molecule has 7 heteroatoms. The summed E-state index contributed by atoms with van der Waals surface area (Å²) in [7, 11) is -3.76. The molecule has 1 aliphatic rings. The van der Waals surface area contributed by atoms with Crippen molar-refractivity contribution in [3.05, 3.63) is 54.0 Å². The van der Waals surface area contributed by atoms with E-state index in [0.717, 1.165) is 35.2 Å². The maximum Gasteiger partial charge on any atom is 0.269 e. The SMILES string of the molecule is CC(=O)C(c1cnc2c(ccn2S(=O)(=O)c2ccc(C)cc2)n1)C1CCCCC1. The molecule has 152 valence electrons. The van der Waals surface area contributed by atoms with E-state index >= 15 is 0 Å². The lowest BCUT2D eigenvalue weighted by Crippen LogP contribution is -2.23. The highest BCUT2D eigenvalue weighted by Crippen LogP contribution is 2.36. The van der Waals surface area contributed by atoms with E-state index in [4.69, 9.17) is 0 Å². The van der Waals surface area contributed by atoms with Crippen molar-refractivity contribution in [1.82, 2.24) is 13.9 Å². The number of nitrogens with zero attached hydrogens (tertiary/aromatic N) is 3. The fourth-order valence-corrected chi connectivity index (χ4v) is 5.62. The smallest absolute Gasteiger partial charge is 0.269 e. The van der Waals surface area contributed by atoms with Gasteiger partial charge < -0.3 is 0 Å². The first-order chi connectivity index (χ1) is 13.9. The van der Waals surface area contributed by atoms with Crippen LogP contribution in [0, 0.1) is 12.8 Å². The molecule has 0 spiro atoms. The molecule has 3 aromatic rings. The lowest BCUT2D eigenvalue weighted by molar-refractivity contribution is -0.120. The molecular formula is C22H25N3O3S. The summed E-state index contributed by atoms with van der Waals surface area (Å²) >= 11 is 0. The van der Waals surface area contributed by atoms with Crippen LogP contribution in [0.3, 0.4) is 0 Å². The van der Waals surface area contributed by atoms with Crippen LogP contribution < -0.4 is 0 Å². The summed E-state index contributed by atoms with van der Waals surface area (Å²) in [4.78, 5) is 21.7. The fourth-order valence-electron chi connectivity index (χ4n) is 4.32. The van der Waals surface area contributed by atoms with Gasteiger partial charge >= 0.3 is 0 Å². The van der Waals surface area contributed by atoms with Crippen molar-refractivity contribution < 1.29 is 13.2 Å². The molecule has 1 saturated carbocycles. The maximum atomic E-state index is 13.0. The number of carbonyl (C=O) groups is 1. The van der Waals surface area contributed by atoms with Gasteiger partial charge in [0, 0.05) is 6.20 Å². The number of hydrogen-bond donors (Lipinski definition) is 0. The molecule has 1 aliphatic carbocycles. The minimum atomic E-state index is -3.76. The number of fused-ring (bicyclic) bond motifs is 1. The van der Waals surface area contributed by atoms with E-state index in [2.05, 4.69) is 9.97 Å². The molecule has 1 unspecified atom stereocenters. The van der Waals surface area contributed by atoms with Crippen LogP contribution in [0.5, 0.6) is 0 Å². The van der Waals surface area contributed by atoms with E-state index in [-0.39, 0.29) is 28.2 Å². The minimum absolute atomic E-state index is 0.0947. The van der Waals surface area contributed by atoms with Crippen LogP contribution in [0.15, 0.2) is 47.6 Å². The first kappa shape index (κ1) is 19.8. The Labute approximate surface area is 171 Å². The quantitative estimate of drug-likeness (QED) is 0.627. The third-order valence-corrected chi connectivity index (χ3v) is 7.51. The van der Waals surface area contributed by atoms with Gasteiger partial charge in [-0.3, -0.25) is 4.79 Å². The van der Waals surface area contributed by atoms with E-state index in [0.29, 0.717) is 11.2 Å². The molecule has 2 aromatic heterocycles. The largest absolute Gasteiger partial charge is 0.299 e. The zero-order chi connectivity index (χ0) is 20.6. The molecule has 6 nitrogen and oxygen atoms in total. The van der Waals surface area contributed by atoms with Crippen molar-refractivity contribution in [2.45, 2.75) is 56.8 Å². The summed E-state index contributed by atoms with van der Waals surface area (Å²) in [5.41, 5.74) is 2.40. The molecule has 1 aromatic carbocycles. The van der Waals surface area contributed by atoms with Crippen LogP contribution in [0.1, 0.15) is 56.2 Å². The zero-order valence-corrected chi connectivity index (χ0v) is 17.5. The second kappa shape index (κ2) is 7.71. The van der Waals surface area contributed by atoms with Gasteiger partial charge in [0.05, 0.1) is 22.7 Å². The fraction of sp³-hybridized carbons (Fsp3) is 0.409. The van der Waals surface area contributed by atoms with Crippen molar-refractivity contribution in [3.8, 4) is 0 Å². The highest BCUT2D eigenvalue weighted by Gasteiger charge is 2.30. The maximum absolute atomic E-state index is 13.0. The summed E-state index contributed by atoms with van der Waals surface area (Å²) < 4.78 is 27.2. The Morgan fingerprint density at radius 1 is 1.10 bits per heavy atom. The number of hydrogen-bond acceptors (Lipinski definition) is 5. The van der Waals surface area contributed by atoms with Gasteiger partial charge in [-0.05, 0) is 50.8 Å². The average molecular weight is 412 g/mol. The Balaban J connectivity index is 1.73. The Hall–Kier alpha value is -2.54. The number of rotatable bonds is 5. The van der Waals surface area contributed by atoms with Crippen molar-refractivity contribution in [2.75, 3.05) is 0 Å². The lowest BCUT2D eigenvalue weighted by atomic mass is 9.77. The second-order valence-corrected chi connectivity index (χ2v) is 9.73. The summed E-state index contributed by atoms with van der Waals surface area (Å²) in [5.74, 6) is 0.105. The summed E-state index contributed by atoms with van der Waals surface area (Å²) in [6.45, 7) is 3.52. The average Bonchev–Trinajstić information content (AvgIpc) is 3.13. The van der Waals surface area contributed by atoms with Crippen LogP contribution in [-0.2, 0) is 14.8 Å². The highest BCUT2D eigenvalue weighted by molar-refractivity contribution is 7.90. The highest BCUT2D eigenvalue weighted by atomic mass is 32.2. The molecule has 0 N–H and O–H groups in total. The number of carbonyl (C=O) groups excluding carboxylic acids is 1. The van der Waals surface area contributed by atoms with Crippen LogP contribution in [-0.4, -0.2) is 28.1 Å². The molecule has 0 bridgehead atoms. The molecule has 0 amide bonds.